The van der Waals surface area contributed by atoms with E-state index in [1.807, 2.05) is 19.1 Å². The Balaban J connectivity index is 2.78. The highest BCUT2D eigenvalue weighted by Crippen LogP contribution is 2.19. The van der Waals surface area contributed by atoms with Crippen molar-refractivity contribution in [1.82, 2.24) is 0 Å². The highest BCUT2D eigenvalue weighted by molar-refractivity contribution is 5.89. The molecule has 0 bridgehead atoms. The number of ether oxygens (including phenoxy) is 1. The van der Waals surface area contributed by atoms with Crippen molar-refractivity contribution < 1.29 is 14.3 Å². The van der Waals surface area contributed by atoms with Crippen molar-refractivity contribution >= 4 is 11.8 Å². The third-order valence-corrected chi connectivity index (χ3v) is 2.49. The zero-order valence-electron chi connectivity index (χ0n) is 9.82. The van der Waals surface area contributed by atoms with E-state index in [1.54, 1.807) is 19.1 Å². The van der Waals surface area contributed by atoms with Crippen LogP contribution in [0.2, 0.25) is 0 Å². The SMILES string of the molecule is COC(=O)c1ccc([C@H](C)CC(C)=O)cc1. The Bertz CT molecular complexity index is 379. The summed E-state index contributed by atoms with van der Waals surface area (Å²) in [6.07, 6.45) is 0.525. The maximum absolute atomic E-state index is 11.2. The van der Waals surface area contributed by atoms with Gasteiger partial charge >= 0.3 is 5.97 Å². The van der Waals surface area contributed by atoms with E-state index in [4.69, 9.17) is 0 Å². The average molecular weight is 220 g/mol. The highest BCUT2D eigenvalue weighted by Gasteiger charge is 2.10. The number of ketones is 1. The lowest BCUT2D eigenvalue weighted by Gasteiger charge is -2.10. The molecule has 1 rings (SSSR count). The van der Waals surface area contributed by atoms with E-state index in [0.29, 0.717) is 12.0 Å². The normalized spacial score (nSPS) is 11.9. The van der Waals surface area contributed by atoms with E-state index < -0.39 is 0 Å². The fourth-order valence-electron chi connectivity index (χ4n) is 1.61. The number of rotatable bonds is 4. The molecular formula is C13H16O3. The summed E-state index contributed by atoms with van der Waals surface area (Å²) < 4.78 is 4.61. The number of hydrogen-bond donors (Lipinski definition) is 0. The van der Waals surface area contributed by atoms with Gasteiger partial charge in [-0.25, -0.2) is 4.79 Å². The van der Waals surface area contributed by atoms with Crippen LogP contribution < -0.4 is 0 Å². The maximum Gasteiger partial charge on any atom is 0.337 e. The first-order valence-corrected chi connectivity index (χ1v) is 5.22. The highest BCUT2D eigenvalue weighted by atomic mass is 16.5. The molecule has 0 amide bonds. The minimum Gasteiger partial charge on any atom is -0.465 e. The van der Waals surface area contributed by atoms with Crippen LogP contribution in [0, 0.1) is 0 Å². The van der Waals surface area contributed by atoms with Gasteiger partial charge in [0.2, 0.25) is 0 Å². The lowest BCUT2D eigenvalue weighted by Crippen LogP contribution is -2.03. The standard InChI is InChI=1S/C13H16O3/c1-9(8-10(2)14)11-4-6-12(7-5-11)13(15)16-3/h4-7,9H,8H2,1-3H3/t9-/m1/s1. The van der Waals surface area contributed by atoms with Gasteiger partial charge in [0, 0.05) is 6.42 Å². The van der Waals surface area contributed by atoms with Crippen LogP contribution in [0.1, 0.15) is 42.1 Å². The number of Topliss-reactive ketones (excluding diaryl/α,β-unsaturated/α-hetero) is 1. The number of carbonyl (C=O) groups is 2. The van der Waals surface area contributed by atoms with Crippen molar-refractivity contribution in [3.8, 4) is 0 Å². The quantitative estimate of drug-likeness (QED) is 0.732. The van der Waals surface area contributed by atoms with Gasteiger partial charge in [-0.15, -0.1) is 0 Å². The van der Waals surface area contributed by atoms with Crippen LogP contribution in [0.25, 0.3) is 0 Å². The zero-order chi connectivity index (χ0) is 12.1. The Kier molecular flexibility index (Phi) is 4.23. The van der Waals surface area contributed by atoms with E-state index in [1.165, 1.54) is 7.11 Å². The first kappa shape index (κ1) is 12.4. The van der Waals surface area contributed by atoms with E-state index in [2.05, 4.69) is 4.74 Å². The predicted octanol–water partition coefficient (Wildman–Crippen LogP) is 2.56. The molecule has 3 nitrogen and oxygen atoms in total. The molecule has 0 fully saturated rings. The summed E-state index contributed by atoms with van der Waals surface area (Å²) in [6.45, 7) is 3.58. The van der Waals surface area contributed by atoms with E-state index in [9.17, 15) is 9.59 Å². The molecule has 0 radical (unpaired) electrons. The minimum atomic E-state index is -0.342. The van der Waals surface area contributed by atoms with Gasteiger partial charge < -0.3 is 9.53 Å². The zero-order valence-corrected chi connectivity index (χ0v) is 9.82. The largest absolute Gasteiger partial charge is 0.465 e. The second-order valence-corrected chi connectivity index (χ2v) is 3.92. The van der Waals surface area contributed by atoms with Gasteiger partial charge in [0.05, 0.1) is 12.7 Å². The topological polar surface area (TPSA) is 43.4 Å². The molecule has 0 spiro atoms. The summed E-state index contributed by atoms with van der Waals surface area (Å²) in [6, 6.07) is 7.16. The Hall–Kier alpha value is -1.64. The molecule has 0 aromatic heterocycles. The number of carbonyl (C=O) groups excluding carboxylic acids is 2. The second kappa shape index (κ2) is 5.45. The van der Waals surface area contributed by atoms with Crippen molar-refractivity contribution in [3.05, 3.63) is 35.4 Å². The second-order valence-electron chi connectivity index (χ2n) is 3.92. The number of benzene rings is 1. The van der Waals surface area contributed by atoms with Crippen LogP contribution in [0.5, 0.6) is 0 Å². The fraction of sp³-hybridized carbons (Fsp3) is 0.385. The number of hydrogen-bond acceptors (Lipinski definition) is 3. The van der Waals surface area contributed by atoms with Crippen LogP contribution in [0.4, 0.5) is 0 Å². The van der Waals surface area contributed by atoms with Crippen LogP contribution >= 0.6 is 0 Å². The molecule has 1 atom stereocenters. The van der Waals surface area contributed by atoms with Gasteiger partial charge in [0.1, 0.15) is 5.78 Å². The average Bonchev–Trinajstić information content (AvgIpc) is 2.27. The lowest BCUT2D eigenvalue weighted by molar-refractivity contribution is -0.117. The van der Waals surface area contributed by atoms with Crippen molar-refractivity contribution in [2.45, 2.75) is 26.2 Å². The molecule has 0 heterocycles. The molecule has 0 aliphatic carbocycles. The molecule has 86 valence electrons. The number of methoxy groups -OCH3 is 1. The molecule has 0 saturated heterocycles. The fourth-order valence-corrected chi connectivity index (χ4v) is 1.61. The Morgan fingerprint density at radius 2 is 1.81 bits per heavy atom. The molecule has 0 aliphatic rings. The van der Waals surface area contributed by atoms with Crippen molar-refractivity contribution in [3.63, 3.8) is 0 Å². The van der Waals surface area contributed by atoms with Gasteiger partial charge in [-0.3, -0.25) is 0 Å². The van der Waals surface area contributed by atoms with Gasteiger partial charge in [-0.2, -0.15) is 0 Å². The van der Waals surface area contributed by atoms with Crippen LogP contribution in [-0.4, -0.2) is 18.9 Å². The first-order chi connectivity index (χ1) is 7.54. The Morgan fingerprint density at radius 1 is 1.25 bits per heavy atom. The summed E-state index contributed by atoms with van der Waals surface area (Å²) in [5.74, 6) is 0.0134. The van der Waals surface area contributed by atoms with Crippen LogP contribution in [0.15, 0.2) is 24.3 Å². The summed E-state index contributed by atoms with van der Waals surface area (Å²) in [5, 5.41) is 0. The van der Waals surface area contributed by atoms with Crippen molar-refractivity contribution in [2.75, 3.05) is 7.11 Å². The summed E-state index contributed by atoms with van der Waals surface area (Å²) >= 11 is 0. The van der Waals surface area contributed by atoms with Gasteiger partial charge in [0.25, 0.3) is 0 Å². The molecular weight excluding hydrogens is 204 g/mol. The molecule has 0 saturated carbocycles. The maximum atomic E-state index is 11.2. The van der Waals surface area contributed by atoms with Crippen molar-refractivity contribution in [2.24, 2.45) is 0 Å². The molecule has 3 heteroatoms. The van der Waals surface area contributed by atoms with E-state index in [-0.39, 0.29) is 17.7 Å². The van der Waals surface area contributed by atoms with Crippen LogP contribution in [-0.2, 0) is 9.53 Å². The third kappa shape index (κ3) is 3.19. The molecule has 0 aliphatic heterocycles. The molecule has 0 N–H and O–H groups in total. The summed E-state index contributed by atoms with van der Waals surface area (Å²) in [4.78, 5) is 22.2. The first-order valence-electron chi connectivity index (χ1n) is 5.22. The predicted molar refractivity (Wildman–Crippen MR) is 61.5 cm³/mol. The minimum absolute atomic E-state index is 0.171. The molecule has 16 heavy (non-hydrogen) atoms. The number of esters is 1. The van der Waals surface area contributed by atoms with Gasteiger partial charge in [0.15, 0.2) is 0 Å². The summed E-state index contributed by atoms with van der Waals surface area (Å²) in [5.41, 5.74) is 1.59. The molecule has 1 aromatic carbocycles. The smallest absolute Gasteiger partial charge is 0.337 e. The lowest BCUT2D eigenvalue weighted by atomic mass is 9.95. The van der Waals surface area contributed by atoms with Crippen LogP contribution in [0.3, 0.4) is 0 Å². The summed E-state index contributed by atoms with van der Waals surface area (Å²) in [7, 11) is 1.36. The Morgan fingerprint density at radius 3 is 2.25 bits per heavy atom. The van der Waals surface area contributed by atoms with Crippen molar-refractivity contribution in [1.29, 1.82) is 0 Å². The van der Waals surface area contributed by atoms with Gasteiger partial charge in [-0.1, -0.05) is 19.1 Å². The molecule has 0 unspecified atom stereocenters. The Labute approximate surface area is 95.4 Å². The van der Waals surface area contributed by atoms with Gasteiger partial charge in [-0.05, 0) is 30.5 Å². The monoisotopic (exact) mass is 220 g/mol. The van der Waals surface area contributed by atoms with E-state index in [0.717, 1.165) is 5.56 Å². The molecule has 1 aromatic rings. The third-order valence-electron chi connectivity index (χ3n) is 2.49. The van der Waals surface area contributed by atoms with E-state index >= 15 is 0 Å².